The van der Waals surface area contributed by atoms with Gasteiger partial charge >= 0.3 is 11.8 Å². The van der Waals surface area contributed by atoms with Gasteiger partial charge in [-0.05, 0) is 70.3 Å². The normalized spacial score (nSPS) is 22.6. The molecule has 1 aliphatic carbocycles. The number of carbonyl (C=O) groups is 4. The molecule has 3 atom stereocenters. The van der Waals surface area contributed by atoms with Gasteiger partial charge in [-0.3, -0.25) is 19.2 Å². The van der Waals surface area contributed by atoms with Crippen molar-refractivity contribution >= 4 is 34.5 Å². The number of amides is 4. The van der Waals surface area contributed by atoms with Crippen molar-refractivity contribution in [3.8, 4) is 0 Å². The molecule has 10 nitrogen and oxygen atoms in total. The summed E-state index contributed by atoms with van der Waals surface area (Å²) in [5.41, 5.74) is 2.39. The average molecular weight is 497 g/mol. The second-order valence-corrected chi connectivity index (χ2v) is 10.2. The number of hydrogen-bond acceptors (Lipinski definition) is 5. The number of carbonyl (C=O) groups excluding carboxylic acids is 4. The van der Waals surface area contributed by atoms with E-state index in [1.54, 1.807) is 25.1 Å². The van der Waals surface area contributed by atoms with Crippen molar-refractivity contribution in [2.24, 2.45) is 5.92 Å². The highest BCUT2D eigenvalue weighted by molar-refractivity contribution is 6.35. The Morgan fingerprint density at radius 2 is 1.61 bits per heavy atom. The Morgan fingerprint density at radius 3 is 2.33 bits per heavy atom. The van der Waals surface area contributed by atoms with Crippen LogP contribution in [0.2, 0.25) is 0 Å². The number of aromatic nitrogens is 1. The maximum Gasteiger partial charge on any atom is 0.309 e. The Labute approximate surface area is 210 Å². The smallest absolute Gasteiger partial charge is 0.309 e. The van der Waals surface area contributed by atoms with E-state index in [-0.39, 0.29) is 23.8 Å². The maximum atomic E-state index is 13.1. The molecule has 1 saturated heterocycles. The van der Waals surface area contributed by atoms with Crippen LogP contribution >= 0.6 is 0 Å². The lowest BCUT2D eigenvalue weighted by molar-refractivity contribution is -0.141. The summed E-state index contributed by atoms with van der Waals surface area (Å²) in [4.78, 5) is 55.8. The third kappa shape index (κ3) is 6.04. The summed E-state index contributed by atoms with van der Waals surface area (Å²) in [6.45, 7) is 3.59. The minimum Gasteiger partial charge on any atom is -0.351 e. The van der Waals surface area contributed by atoms with Gasteiger partial charge in [0.15, 0.2) is 0 Å². The summed E-state index contributed by atoms with van der Waals surface area (Å²) in [5, 5.41) is 12.8. The lowest BCUT2D eigenvalue weighted by atomic mass is 9.81. The van der Waals surface area contributed by atoms with Gasteiger partial charge < -0.3 is 31.2 Å². The third-order valence-electron chi connectivity index (χ3n) is 7.17. The van der Waals surface area contributed by atoms with Crippen LogP contribution in [0.25, 0.3) is 10.9 Å². The molecule has 0 radical (unpaired) electrons. The second kappa shape index (κ2) is 11.1. The fourth-order valence-electron chi connectivity index (χ4n) is 5.16. The molecule has 1 aromatic carbocycles. The van der Waals surface area contributed by atoms with Crippen LogP contribution in [0, 0.1) is 12.8 Å². The predicted molar refractivity (Wildman–Crippen MR) is 136 cm³/mol. The zero-order valence-corrected chi connectivity index (χ0v) is 21.1. The first kappa shape index (κ1) is 25.7. The number of rotatable bonds is 5. The van der Waals surface area contributed by atoms with E-state index in [9.17, 15) is 19.2 Å². The van der Waals surface area contributed by atoms with Crippen LogP contribution in [0.15, 0.2) is 24.3 Å². The number of nitrogens with one attached hydrogen (secondary N) is 5. The van der Waals surface area contributed by atoms with Crippen LogP contribution in [-0.2, 0) is 14.4 Å². The quantitative estimate of drug-likeness (QED) is 0.391. The van der Waals surface area contributed by atoms with Crippen LogP contribution < -0.4 is 21.3 Å². The minimum absolute atomic E-state index is 0.0239. The molecule has 5 N–H and O–H groups in total. The number of hydrogen-bond donors (Lipinski definition) is 5. The zero-order chi connectivity index (χ0) is 25.8. The predicted octanol–water partition coefficient (Wildman–Crippen LogP) is 0.816. The van der Waals surface area contributed by atoms with E-state index < -0.39 is 23.9 Å². The summed E-state index contributed by atoms with van der Waals surface area (Å²) in [6, 6.07) is 6.72. The van der Waals surface area contributed by atoms with Crippen LogP contribution in [0.5, 0.6) is 0 Å². The van der Waals surface area contributed by atoms with Crippen molar-refractivity contribution in [3.05, 3.63) is 35.5 Å². The second-order valence-electron chi connectivity index (χ2n) is 10.2. The first-order valence-electron chi connectivity index (χ1n) is 12.6. The van der Waals surface area contributed by atoms with Gasteiger partial charge in [-0.2, -0.15) is 0 Å². The molecule has 1 aromatic heterocycles. The number of H-pyrrole nitrogens is 1. The molecule has 1 aliphatic heterocycles. The molecule has 36 heavy (non-hydrogen) atoms. The highest BCUT2D eigenvalue weighted by atomic mass is 16.2. The van der Waals surface area contributed by atoms with Crippen molar-refractivity contribution in [3.63, 3.8) is 0 Å². The molecule has 4 amide bonds. The molecule has 2 aliphatic rings. The van der Waals surface area contributed by atoms with Crippen LogP contribution in [0.3, 0.4) is 0 Å². The fourth-order valence-corrected chi connectivity index (χ4v) is 5.16. The third-order valence-corrected chi connectivity index (χ3v) is 7.17. The number of nitrogens with zero attached hydrogens (tertiary/aromatic N) is 1. The van der Waals surface area contributed by atoms with Crippen molar-refractivity contribution in [1.29, 1.82) is 0 Å². The van der Waals surface area contributed by atoms with E-state index in [4.69, 9.17) is 0 Å². The van der Waals surface area contributed by atoms with Crippen molar-refractivity contribution in [1.82, 2.24) is 31.2 Å². The Morgan fingerprint density at radius 1 is 0.889 bits per heavy atom. The number of piperidine rings is 1. The van der Waals surface area contributed by atoms with Crippen molar-refractivity contribution in [2.45, 2.75) is 57.2 Å². The monoisotopic (exact) mass is 496 g/mol. The number of fused-ring (bicyclic) bond motifs is 1. The van der Waals surface area contributed by atoms with E-state index in [1.165, 1.54) is 0 Å². The van der Waals surface area contributed by atoms with E-state index in [2.05, 4.69) is 26.3 Å². The standard InChI is InChI=1S/C26H36N6O4/c1-15-4-6-19-17(12-15)14-22(29-19)23(33)30-20-7-5-16(26(36)32(2)3)13-21(20)31-25(35)24(34)28-18-8-10-27-11-9-18/h4,6,12,14,16,18,20-21,27,29H,5,7-11,13H2,1-3H3,(H,28,34)(H,30,33)(H,31,35)/t16-,20-,21+/m0/s1. The summed E-state index contributed by atoms with van der Waals surface area (Å²) >= 11 is 0. The van der Waals surface area contributed by atoms with Crippen LogP contribution in [0.1, 0.15) is 48.2 Å². The molecular weight excluding hydrogens is 460 g/mol. The lowest BCUT2D eigenvalue weighted by Crippen LogP contribution is -2.58. The Bertz CT molecular complexity index is 1140. The topological polar surface area (TPSA) is 135 Å². The van der Waals surface area contributed by atoms with Crippen molar-refractivity contribution < 1.29 is 19.2 Å². The molecule has 2 aromatic rings. The maximum absolute atomic E-state index is 13.1. The van der Waals surface area contributed by atoms with Gasteiger partial charge in [0.1, 0.15) is 5.69 Å². The Hall–Kier alpha value is -3.40. The molecule has 2 fully saturated rings. The first-order chi connectivity index (χ1) is 17.2. The fraction of sp³-hybridized carbons (Fsp3) is 0.538. The summed E-state index contributed by atoms with van der Waals surface area (Å²) in [6.07, 6.45) is 2.98. The molecule has 0 bridgehead atoms. The van der Waals surface area contributed by atoms with Gasteiger partial charge in [0.2, 0.25) is 5.91 Å². The van der Waals surface area contributed by atoms with Crippen LogP contribution in [0.4, 0.5) is 0 Å². The molecule has 10 heteroatoms. The SMILES string of the molecule is Cc1ccc2[nH]c(C(=O)N[C@H]3CC[C@H](C(=O)N(C)C)C[C@H]3NC(=O)C(=O)NC3CCNCC3)cc2c1. The summed E-state index contributed by atoms with van der Waals surface area (Å²) < 4.78 is 0. The van der Waals surface area contributed by atoms with Gasteiger partial charge in [-0.1, -0.05) is 11.6 Å². The zero-order valence-electron chi connectivity index (χ0n) is 21.1. The van der Waals surface area contributed by atoms with E-state index >= 15 is 0 Å². The van der Waals surface area contributed by atoms with E-state index in [0.717, 1.165) is 42.4 Å². The molecule has 4 rings (SSSR count). The van der Waals surface area contributed by atoms with Gasteiger partial charge in [0.05, 0.1) is 6.04 Å². The van der Waals surface area contributed by atoms with E-state index in [1.807, 2.05) is 25.1 Å². The molecule has 0 unspecified atom stereocenters. The molecule has 0 spiro atoms. The minimum atomic E-state index is -0.739. The van der Waals surface area contributed by atoms with Gasteiger partial charge in [0, 0.05) is 43.0 Å². The Kier molecular flexibility index (Phi) is 7.93. The highest BCUT2D eigenvalue weighted by Crippen LogP contribution is 2.27. The molecular formula is C26H36N6O4. The first-order valence-corrected chi connectivity index (χ1v) is 12.6. The Balaban J connectivity index is 1.45. The summed E-state index contributed by atoms with van der Waals surface area (Å²) in [7, 11) is 3.40. The molecule has 194 valence electrons. The lowest BCUT2D eigenvalue weighted by Gasteiger charge is -2.37. The number of aromatic amines is 1. The number of aryl methyl sites for hydroxylation is 1. The van der Waals surface area contributed by atoms with Crippen LogP contribution in [-0.4, -0.2) is 78.8 Å². The van der Waals surface area contributed by atoms with Gasteiger partial charge in [-0.15, -0.1) is 0 Å². The average Bonchev–Trinajstić information content (AvgIpc) is 3.28. The summed E-state index contributed by atoms with van der Waals surface area (Å²) in [5.74, 6) is -2.02. The molecule has 1 saturated carbocycles. The van der Waals surface area contributed by atoms with Gasteiger partial charge in [-0.25, -0.2) is 0 Å². The highest BCUT2D eigenvalue weighted by Gasteiger charge is 2.37. The largest absolute Gasteiger partial charge is 0.351 e. The van der Waals surface area contributed by atoms with E-state index in [0.29, 0.717) is 25.0 Å². The molecule has 2 heterocycles. The number of benzene rings is 1. The van der Waals surface area contributed by atoms with Gasteiger partial charge in [0.25, 0.3) is 5.91 Å². The van der Waals surface area contributed by atoms with Crippen molar-refractivity contribution in [2.75, 3.05) is 27.2 Å².